The molecular weight excluding hydrogens is 366 g/mol. The van der Waals surface area contributed by atoms with E-state index in [1.165, 1.54) is 35.0 Å². The average molecular weight is 392 g/mol. The van der Waals surface area contributed by atoms with Gasteiger partial charge in [-0.1, -0.05) is 31.2 Å². The Labute approximate surface area is 161 Å². The van der Waals surface area contributed by atoms with Crippen molar-refractivity contribution in [2.75, 3.05) is 12.3 Å². The summed E-state index contributed by atoms with van der Waals surface area (Å²) < 4.78 is 1.66. The molecule has 1 aliphatic rings. The van der Waals surface area contributed by atoms with Crippen LogP contribution in [0.3, 0.4) is 0 Å². The molecule has 0 unspecified atom stereocenters. The summed E-state index contributed by atoms with van der Waals surface area (Å²) in [6.07, 6.45) is 8.15. The largest absolute Gasteiger partial charge is 0.355 e. The van der Waals surface area contributed by atoms with E-state index in [9.17, 15) is 9.59 Å². The lowest BCUT2D eigenvalue weighted by Gasteiger charge is -2.10. The van der Waals surface area contributed by atoms with Crippen LogP contribution < -0.4 is 10.9 Å². The number of allylic oxidation sites excluding steroid dienone is 1. The zero-order valence-electron chi connectivity index (χ0n) is 15.2. The van der Waals surface area contributed by atoms with Crippen molar-refractivity contribution in [3.8, 4) is 0 Å². The van der Waals surface area contributed by atoms with Crippen LogP contribution in [-0.4, -0.2) is 27.8 Å². The molecule has 2 aromatic heterocycles. The van der Waals surface area contributed by atoms with E-state index in [2.05, 4.69) is 11.9 Å². The van der Waals surface area contributed by atoms with Crippen molar-refractivity contribution >= 4 is 39.2 Å². The van der Waals surface area contributed by atoms with Gasteiger partial charge in [0.05, 0.1) is 11.1 Å². The van der Waals surface area contributed by atoms with Gasteiger partial charge >= 0.3 is 0 Å². The van der Waals surface area contributed by atoms with E-state index < -0.39 is 0 Å². The summed E-state index contributed by atoms with van der Waals surface area (Å²) in [5, 5.41) is 4.25. The molecule has 7 heteroatoms. The lowest BCUT2D eigenvalue weighted by atomic mass is 10.1. The van der Waals surface area contributed by atoms with Crippen molar-refractivity contribution in [2.45, 2.75) is 57.1 Å². The van der Waals surface area contributed by atoms with Crippen molar-refractivity contribution in [1.29, 1.82) is 0 Å². The Morgan fingerprint density at radius 1 is 1.38 bits per heavy atom. The summed E-state index contributed by atoms with van der Waals surface area (Å²) in [5.74, 6) is 0.235. The molecular formula is C19H25N3O2S2. The van der Waals surface area contributed by atoms with Gasteiger partial charge in [-0.2, -0.15) is 0 Å². The van der Waals surface area contributed by atoms with Gasteiger partial charge in [0.15, 0.2) is 5.16 Å². The summed E-state index contributed by atoms with van der Waals surface area (Å²) in [5.41, 5.74) is 1.21. The first-order valence-electron chi connectivity index (χ1n) is 9.21. The number of hydrogen-bond acceptors (Lipinski definition) is 5. The topological polar surface area (TPSA) is 64.0 Å². The lowest BCUT2D eigenvalue weighted by Crippen LogP contribution is -2.27. The van der Waals surface area contributed by atoms with E-state index in [1.807, 2.05) is 6.92 Å². The zero-order valence-corrected chi connectivity index (χ0v) is 16.8. The summed E-state index contributed by atoms with van der Waals surface area (Å²) in [4.78, 5) is 32.0. The standard InChI is InChI=1S/C19H25N3O2S2/c1-3-10-20-15(23)12-25-19-21-17-16(18(24)22(19)11-4-2)13-8-6-5-7-9-14(13)26-17/h4H,2-3,5-12H2,1H3,(H,20,23). The number of aryl methyl sites for hydroxylation is 2. The normalized spacial score (nSPS) is 14.0. The van der Waals surface area contributed by atoms with Gasteiger partial charge in [-0.3, -0.25) is 14.2 Å². The van der Waals surface area contributed by atoms with Crippen LogP contribution in [0.2, 0.25) is 0 Å². The number of thioether (sulfide) groups is 1. The van der Waals surface area contributed by atoms with Gasteiger partial charge in [-0.05, 0) is 37.7 Å². The lowest BCUT2D eigenvalue weighted by molar-refractivity contribution is -0.118. The third kappa shape index (κ3) is 4.04. The molecule has 1 amide bonds. The Kier molecular flexibility index (Phi) is 6.53. The monoisotopic (exact) mass is 391 g/mol. The molecule has 5 nitrogen and oxygen atoms in total. The van der Waals surface area contributed by atoms with Crippen LogP contribution in [-0.2, 0) is 24.2 Å². The molecule has 0 aromatic carbocycles. The van der Waals surface area contributed by atoms with Gasteiger partial charge in [0.25, 0.3) is 5.56 Å². The number of carbonyl (C=O) groups is 1. The highest BCUT2D eigenvalue weighted by molar-refractivity contribution is 7.99. The second-order valence-electron chi connectivity index (χ2n) is 6.48. The minimum absolute atomic E-state index is 0.00534. The molecule has 1 N–H and O–H groups in total. The van der Waals surface area contributed by atoms with Crippen LogP contribution in [0, 0.1) is 0 Å². The molecule has 0 atom stereocenters. The van der Waals surface area contributed by atoms with Crippen LogP contribution in [0.1, 0.15) is 43.0 Å². The molecule has 0 aliphatic heterocycles. The first kappa shape index (κ1) is 19.2. The fourth-order valence-electron chi connectivity index (χ4n) is 3.24. The van der Waals surface area contributed by atoms with Gasteiger partial charge in [0.1, 0.15) is 4.83 Å². The van der Waals surface area contributed by atoms with E-state index in [1.54, 1.807) is 22.0 Å². The number of aromatic nitrogens is 2. The van der Waals surface area contributed by atoms with Gasteiger partial charge in [-0.25, -0.2) is 4.98 Å². The Balaban J connectivity index is 1.97. The summed E-state index contributed by atoms with van der Waals surface area (Å²) in [7, 11) is 0. The molecule has 0 radical (unpaired) electrons. The maximum atomic E-state index is 13.2. The van der Waals surface area contributed by atoms with E-state index in [-0.39, 0.29) is 17.2 Å². The fraction of sp³-hybridized carbons (Fsp3) is 0.526. The first-order chi connectivity index (χ1) is 12.7. The predicted octanol–water partition coefficient (Wildman–Crippen LogP) is 3.53. The Hall–Kier alpha value is -1.60. The number of carbonyl (C=O) groups excluding carboxylic acids is 1. The Morgan fingerprint density at radius 3 is 2.96 bits per heavy atom. The fourth-order valence-corrected chi connectivity index (χ4v) is 5.38. The molecule has 3 rings (SSSR count). The molecule has 0 bridgehead atoms. The Morgan fingerprint density at radius 2 is 2.19 bits per heavy atom. The number of fused-ring (bicyclic) bond motifs is 3. The van der Waals surface area contributed by atoms with Crippen molar-refractivity contribution in [3.63, 3.8) is 0 Å². The maximum Gasteiger partial charge on any atom is 0.263 e. The van der Waals surface area contributed by atoms with Gasteiger partial charge in [0.2, 0.25) is 5.91 Å². The van der Waals surface area contributed by atoms with Gasteiger partial charge < -0.3 is 5.32 Å². The molecule has 26 heavy (non-hydrogen) atoms. The number of nitrogens with zero attached hydrogens (tertiary/aromatic N) is 2. The number of amides is 1. The average Bonchev–Trinajstić information content (AvgIpc) is 2.82. The summed E-state index contributed by atoms with van der Waals surface area (Å²) in [6, 6.07) is 0. The number of thiophene rings is 1. The predicted molar refractivity (Wildman–Crippen MR) is 109 cm³/mol. The summed E-state index contributed by atoms with van der Waals surface area (Å²) in [6.45, 7) is 6.87. The zero-order chi connectivity index (χ0) is 18.5. The number of hydrogen-bond donors (Lipinski definition) is 1. The molecule has 2 heterocycles. The third-order valence-electron chi connectivity index (χ3n) is 4.51. The highest BCUT2D eigenvalue weighted by atomic mass is 32.2. The molecule has 2 aromatic rings. The minimum Gasteiger partial charge on any atom is -0.355 e. The van der Waals surface area contributed by atoms with E-state index >= 15 is 0 Å². The van der Waals surface area contributed by atoms with Gasteiger partial charge in [-0.15, -0.1) is 17.9 Å². The Bertz CT molecular complexity index is 870. The third-order valence-corrected chi connectivity index (χ3v) is 6.67. The smallest absolute Gasteiger partial charge is 0.263 e. The van der Waals surface area contributed by atoms with Crippen LogP contribution in [0.5, 0.6) is 0 Å². The number of nitrogens with one attached hydrogen (secondary N) is 1. The van der Waals surface area contributed by atoms with Crippen molar-refractivity contribution in [3.05, 3.63) is 33.4 Å². The van der Waals surface area contributed by atoms with Crippen LogP contribution in [0.25, 0.3) is 10.2 Å². The quantitative estimate of drug-likeness (QED) is 0.339. The second kappa shape index (κ2) is 8.86. The molecule has 140 valence electrons. The highest BCUT2D eigenvalue weighted by Gasteiger charge is 2.21. The number of rotatable bonds is 7. The first-order valence-corrected chi connectivity index (χ1v) is 11.0. The van der Waals surface area contributed by atoms with E-state index in [4.69, 9.17) is 4.98 Å². The molecule has 0 saturated heterocycles. The van der Waals surface area contributed by atoms with Crippen LogP contribution >= 0.6 is 23.1 Å². The van der Waals surface area contributed by atoms with E-state index in [0.717, 1.165) is 35.9 Å². The SMILES string of the molecule is C=CCn1c(SCC(=O)NCCC)nc2sc3c(c2c1=O)CCCCC3. The van der Waals surface area contributed by atoms with Crippen molar-refractivity contribution in [2.24, 2.45) is 0 Å². The van der Waals surface area contributed by atoms with Crippen LogP contribution in [0.15, 0.2) is 22.6 Å². The molecule has 0 saturated carbocycles. The molecule has 0 fully saturated rings. The highest BCUT2D eigenvalue weighted by Crippen LogP contribution is 2.34. The molecule has 1 aliphatic carbocycles. The van der Waals surface area contributed by atoms with Crippen molar-refractivity contribution < 1.29 is 4.79 Å². The van der Waals surface area contributed by atoms with Crippen molar-refractivity contribution in [1.82, 2.24) is 14.9 Å². The summed E-state index contributed by atoms with van der Waals surface area (Å²) >= 11 is 2.98. The van der Waals surface area contributed by atoms with Gasteiger partial charge in [0, 0.05) is 18.0 Å². The minimum atomic E-state index is -0.0293. The van der Waals surface area contributed by atoms with Crippen LogP contribution in [0.4, 0.5) is 0 Å². The molecule has 0 spiro atoms. The van der Waals surface area contributed by atoms with E-state index in [0.29, 0.717) is 18.2 Å². The maximum absolute atomic E-state index is 13.2. The second-order valence-corrected chi connectivity index (χ2v) is 8.51.